The van der Waals surface area contributed by atoms with Gasteiger partial charge in [0.05, 0.1) is 55.8 Å². The van der Waals surface area contributed by atoms with Crippen LogP contribution in [-0.2, 0) is 57.2 Å². The summed E-state index contributed by atoms with van der Waals surface area (Å²) in [6.07, 6.45) is 19.9. The van der Waals surface area contributed by atoms with Crippen LogP contribution in [0.3, 0.4) is 0 Å². The number of nitrogens with one attached hydrogen (secondary N) is 1. The number of carbonyl (C=O) groups is 6. The lowest BCUT2D eigenvalue weighted by molar-refractivity contribution is -0.265. The van der Waals surface area contributed by atoms with Crippen molar-refractivity contribution in [2.45, 2.75) is 249 Å². The topological polar surface area (TPSA) is 281 Å². The van der Waals surface area contributed by atoms with Crippen molar-refractivity contribution in [1.29, 1.82) is 5.26 Å². The van der Waals surface area contributed by atoms with E-state index in [1.54, 1.807) is 46.0 Å². The summed E-state index contributed by atoms with van der Waals surface area (Å²) in [7, 11) is 4.58. The number of nitrogens with zero attached hydrogens (tertiary/aromatic N) is 3. The summed E-state index contributed by atoms with van der Waals surface area (Å²) in [4.78, 5) is 86.3. The number of fused-ring (bicyclic) bond motifs is 3. The summed E-state index contributed by atoms with van der Waals surface area (Å²) in [6.45, 7) is 13.9. The molecule has 8 fully saturated rings. The van der Waals surface area contributed by atoms with Gasteiger partial charge in [0.2, 0.25) is 11.7 Å². The summed E-state index contributed by atoms with van der Waals surface area (Å²) in [6, 6.07) is 0.846. The normalized spacial score (nSPS) is 40.8. The maximum atomic E-state index is 14.5. The smallest absolute Gasteiger partial charge is 0.329 e. The molecule has 4 heterocycles. The van der Waals surface area contributed by atoms with E-state index in [2.05, 4.69) is 11.4 Å². The monoisotopic (exact) mass is 1260 g/mol. The minimum atomic E-state index is -2.43. The van der Waals surface area contributed by atoms with Crippen LogP contribution in [0.2, 0.25) is 0 Å². The lowest BCUT2D eigenvalue weighted by atomic mass is 9.51. The van der Waals surface area contributed by atoms with Gasteiger partial charge in [-0.05, 0) is 170 Å². The molecule has 0 aromatic heterocycles. The van der Waals surface area contributed by atoms with Crippen LogP contribution in [0.15, 0.2) is 47.6 Å². The third-order valence-corrected chi connectivity index (χ3v) is 21.2. The Hall–Kier alpha value is -4.53. The third-order valence-electron chi connectivity index (χ3n) is 21.2. The van der Waals surface area contributed by atoms with Crippen LogP contribution in [0.4, 0.5) is 0 Å². The zero-order valence-corrected chi connectivity index (χ0v) is 55.5. The second-order valence-corrected chi connectivity index (χ2v) is 28.3. The fraction of sp³-hybridized carbons (Fsp3) is 0.786. The van der Waals surface area contributed by atoms with Crippen LogP contribution in [-0.4, -0.2) is 191 Å². The maximum Gasteiger partial charge on any atom is 0.329 e. The van der Waals surface area contributed by atoms with Gasteiger partial charge in [-0.2, -0.15) is 5.26 Å². The number of aliphatic hydroxyl groups is 4. The molecule has 3 saturated heterocycles. The Labute approximate surface area is 534 Å². The van der Waals surface area contributed by atoms with Crippen molar-refractivity contribution in [2.75, 3.05) is 54.2 Å². The lowest BCUT2D eigenvalue weighted by Gasteiger charge is -2.60. The first-order valence-corrected chi connectivity index (χ1v) is 33.7. The van der Waals surface area contributed by atoms with E-state index in [1.807, 2.05) is 58.1 Å². The number of carbonyl (C=O) groups excluding carboxylic acids is 6. The first-order chi connectivity index (χ1) is 42.8. The number of ketones is 3. The molecule has 5 N–H and O–H groups in total. The van der Waals surface area contributed by atoms with Gasteiger partial charge in [-0.25, -0.2) is 4.79 Å². The highest BCUT2D eigenvalue weighted by molar-refractivity contribution is 6.39. The van der Waals surface area contributed by atoms with E-state index >= 15 is 0 Å². The molecule has 5 aliphatic carbocycles. The number of hydrogen-bond donors (Lipinski definition) is 5. The number of cyclic esters (lactones) is 1. The van der Waals surface area contributed by atoms with E-state index in [0.29, 0.717) is 88.3 Å². The Balaban J connectivity index is 0.000000431. The Bertz CT molecular complexity index is 2620. The van der Waals surface area contributed by atoms with Gasteiger partial charge in [-0.1, -0.05) is 71.1 Å². The SMILES string of the molecule is CO[C@H]1C[C@@H]2CC[C@@H](C)[C@@](O)(O2)C(=O)C(=O)N2CCCC[C@H]2C(=O)O[C@H]([C@H](C)C[C@@H]2CC[C@@H](OCCO)[C@H](OC)C2)CC(=O)[C@H](C)/C=C(/C)[C@@H](O)[C@@H](OC)C(=O)[C@H](C)C[C@H](C)\C=C/C=C\C=C/1C.N#C[C@@H]1CCCN1C(=O)CNC12C[C@@H]3C[C@@H](CC(O)(C3)C1)C2. The van der Waals surface area contributed by atoms with E-state index in [9.17, 15) is 49.2 Å². The van der Waals surface area contributed by atoms with E-state index in [-0.39, 0.29) is 91.6 Å². The number of esters is 1. The van der Waals surface area contributed by atoms with Crippen LogP contribution in [0.1, 0.15) is 177 Å². The Morgan fingerprint density at radius 1 is 0.833 bits per heavy atom. The molecule has 2 unspecified atom stereocenters. The van der Waals surface area contributed by atoms with Gasteiger partial charge in [-0.15, -0.1) is 0 Å². The molecular formula is C70H108N4O16. The molecule has 20 atom stereocenters. The van der Waals surface area contributed by atoms with Gasteiger partial charge in [0.25, 0.3) is 11.7 Å². The number of piperidine rings is 1. The Morgan fingerprint density at radius 3 is 2.23 bits per heavy atom. The molecule has 5 saturated carbocycles. The minimum Gasteiger partial charge on any atom is -0.460 e. The molecule has 4 aliphatic heterocycles. The van der Waals surface area contributed by atoms with Crippen LogP contribution in [0.25, 0.3) is 0 Å². The number of likely N-dealkylation sites (tertiary alicyclic amines) is 1. The average molecular weight is 1260 g/mol. The average Bonchev–Trinajstić information content (AvgIpc) is 1.50. The molecule has 2 amide bonds. The molecule has 90 heavy (non-hydrogen) atoms. The Kier molecular flexibility index (Phi) is 26.8. The summed E-state index contributed by atoms with van der Waals surface area (Å²) in [5.41, 5.74) is 0.722. The molecule has 9 rings (SSSR count). The fourth-order valence-corrected chi connectivity index (χ4v) is 16.5. The van der Waals surface area contributed by atoms with Crippen molar-refractivity contribution in [3.05, 3.63) is 47.6 Å². The van der Waals surface area contributed by atoms with Crippen molar-refractivity contribution in [3.8, 4) is 6.07 Å². The van der Waals surface area contributed by atoms with E-state index < -0.39 is 83.4 Å². The number of allylic oxidation sites excluding steroid dienone is 6. The van der Waals surface area contributed by atoms with E-state index in [4.69, 9.17) is 33.7 Å². The highest BCUT2D eigenvalue weighted by Gasteiger charge is 2.58. The highest BCUT2D eigenvalue weighted by atomic mass is 16.6. The van der Waals surface area contributed by atoms with Gasteiger partial charge in [-0.3, -0.25) is 24.0 Å². The summed E-state index contributed by atoms with van der Waals surface area (Å²) < 4.78 is 35.6. The van der Waals surface area contributed by atoms with Crippen LogP contribution in [0, 0.1) is 58.7 Å². The number of amides is 2. The first kappa shape index (κ1) is 72.9. The summed E-state index contributed by atoms with van der Waals surface area (Å²) in [5.74, 6) is -6.68. The van der Waals surface area contributed by atoms with Crippen LogP contribution >= 0.6 is 0 Å². The number of ether oxygens (including phenoxy) is 6. The molecular weight excluding hydrogens is 1150 g/mol. The number of aliphatic hydroxyl groups excluding tert-OH is 2. The van der Waals surface area contributed by atoms with Gasteiger partial charge in [0.1, 0.15) is 36.2 Å². The molecule has 0 spiro atoms. The van der Waals surface area contributed by atoms with Crippen molar-refractivity contribution < 1.29 is 77.6 Å². The van der Waals surface area contributed by atoms with Crippen LogP contribution in [0.5, 0.6) is 0 Å². The molecule has 20 nitrogen and oxygen atoms in total. The van der Waals surface area contributed by atoms with Crippen molar-refractivity contribution in [3.63, 3.8) is 0 Å². The van der Waals surface area contributed by atoms with Crippen molar-refractivity contribution in [2.24, 2.45) is 47.3 Å². The number of hydrogen-bond acceptors (Lipinski definition) is 18. The second kappa shape index (κ2) is 33.0. The predicted octanol–water partition coefficient (Wildman–Crippen LogP) is 7.37. The zero-order chi connectivity index (χ0) is 65.7. The third kappa shape index (κ3) is 18.4. The maximum absolute atomic E-state index is 14.5. The predicted molar refractivity (Wildman–Crippen MR) is 337 cm³/mol. The highest BCUT2D eigenvalue weighted by Crippen LogP contribution is 2.57. The van der Waals surface area contributed by atoms with Gasteiger partial charge in [0.15, 0.2) is 5.78 Å². The minimum absolute atomic E-state index is 0.0158. The van der Waals surface area contributed by atoms with E-state index in [0.717, 1.165) is 56.9 Å². The largest absolute Gasteiger partial charge is 0.460 e. The Morgan fingerprint density at radius 2 is 1.57 bits per heavy atom. The lowest BCUT2D eigenvalue weighted by Crippen LogP contribution is -2.65. The van der Waals surface area contributed by atoms with Crippen molar-refractivity contribution >= 4 is 35.1 Å². The standard InChI is InChI=1S/C53H83NO14.C17H25N3O2/c1-32-16-12-11-13-17-33(2)44(63-8)30-40-21-19-38(7)53(62,68-40)50(59)51(60)54-23-15-14-18-41(54)52(61)67-45(35(4)28-39-20-22-43(66-25-24-55)46(29-39)64-9)31-42(56)34(3)27-37(6)48(58)49(65-10)47(57)36(5)26-32;18-9-14-2-1-3-20(14)15(21)10-19-16-5-12-4-13(6-16)8-17(22,7-12)11-16/h11-13,16-17,27,32,34-36,38-41,43-46,48-49,55,58,62H,14-15,18-26,28-31H2,1-10H3;12-14,19,22H,1-8,10-11H2/b13-11-,16-12-,33-17-,37-27-;/t32-,34-,35-,36-,38-,39+,40+,41+,43-,44+,45+,46-,48-,49+,53-;12-,13+,14-,16?,17?/m10/s1. The molecule has 6 bridgehead atoms. The number of Topliss-reactive ketones (excluding diaryl/α,β-unsaturated/α-hetero) is 3. The van der Waals surface area contributed by atoms with Gasteiger partial charge < -0.3 is 64.0 Å². The molecule has 0 aromatic rings. The molecule has 0 radical (unpaired) electrons. The van der Waals surface area contributed by atoms with Gasteiger partial charge in [0, 0.05) is 70.6 Å². The fourth-order valence-electron chi connectivity index (χ4n) is 16.5. The summed E-state index contributed by atoms with van der Waals surface area (Å²) in [5, 5.41) is 56.2. The second-order valence-electron chi connectivity index (χ2n) is 28.3. The van der Waals surface area contributed by atoms with Gasteiger partial charge >= 0.3 is 5.97 Å². The molecule has 0 aromatic carbocycles. The van der Waals surface area contributed by atoms with E-state index in [1.165, 1.54) is 18.4 Å². The molecule has 9 aliphatic rings. The quantitative estimate of drug-likeness (QED) is 0.0724. The van der Waals surface area contributed by atoms with Crippen molar-refractivity contribution in [1.82, 2.24) is 15.1 Å². The van der Waals surface area contributed by atoms with Crippen LogP contribution < -0.4 is 5.32 Å². The number of methoxy groups -OCH3 is 3. The molecule has 504 valence electrons. The molecule has 20 heteroatoms. The first-order valence-electron chi connectivity index (χ1n) is 33.7. The zero-order valence-electron chi connectivity index (χ0n) is 55.5. The number of rotatable bonds is 12. The number of nitriles is 1. The summed E-state index contributed by atoms with van der Waals surface area (Å²) >= 11 is 0.